The quantitative estimate of drug-likeness (QED) is 0.526. The van der Waals surface area contributed by atoms with E-state index in [1.807, 2.05) is 25.7 Å². The number of ether oxygens (including phenoxy) is 1. The average molecular weight is 336 g/mol. The van der Waals surface area contributed by atoms with Gasteiger partial charge in [-0.1, -0.05) is 30.7 Å². The number of carbonyl (C=O) groups excluding carboxylic acids is 1. The van der Waals surface area contributed by atoms with Gasteiger partial charge in [-0.2, -0.15) is 0 Å². The molecule has 0 aliphatic carbocycles. The van der Waals surface area contributed by atoms with E-state index in [9.17, 15) is 4.79 Å². The van der Waals surface area contributed by atoms with Crippen LogP contribution in [0.25, 0.3) is 0 Å². The van der Waals surface area contributed by atoms with E-state index in [-0.39, 0.29) is 6.09 Å². The molecule has 0 bridgehead atoms. The van der Waals surface area contributed by atoms with Crippen molar-refractivity contribution < 1.29 is 9.53 Å². The van der Waals surface area contributed by atoms with Gasteiger partial charge >= 0.3 is 6.09 Å². The van der Waals surface area contributed by atoms with Gasteiger partial charge in [-0.15, -0.1) is 0 Å². The van der Waals surface area contributed by atoms with Crippen LogP contribution in [0.1, 0.15) is 80.1 Å². The Kier molecular flexibility index (Phi) is 8.58. The summed E-state index contributed by atoms with van der Waals surface area (Å²) in [6, 6.07) is 0.303. The van der Waals surface area contributed by atoms with Crippen molar-refractivity contribution in [2.75, 3.05) is 6.54 Å². The Balaban J connectivity index is 2.34. The van der Waals surface area contributed by atoms with Gasteiger partial charge in [0.2, 0.25) is 0 Å². The van der Waals surface area contributed by atoms with Gasteiger partial charge in [-0.05, 0) is 79.1 Å². The zero-order valence-corrected chi connectivity index (χ0v) is 16.6. The minimum Gasteiger partial charge on any atom is -0.444 e. The number of hydrogen-bond donors (Lipinski definition) is 0. The molecular weight excluding hydrogens is 298 g/mol. The summed E-state index contributed by atoms with van der Waals surface area (Å²) in [5, 5.41) is 0. The molecule has 1 heterocycles. The largest absolute Gasteiger partial charge is 0.444 e. The number of nitrogens with zero attached hydrogens (tertiary/aromatic N) is 1. The van der Waals surface area contributed by atoms with Crippen molar-refractivity contribution in [3.05, 3.63) is 23.8 Å². The first-order valence-electron chi connectivity index (χ1n) is 9.47. The summed E-state index contributed by atoms with van der Waals surface area (Å²) in [7, 11) is 0. The van der Waals surface area contributed by atoms with Crippen molar-refractivity contribution in [3.63, 3.8) is 0 Å². The van der Waals surface area contributed by atoms with Gasteiger partial charge in [-0.3, -0.25) is 0 Å². The number of hydrogen-bond acceptors (Lipinski definition) is 2. The summed E-state index contributed by atoms with van der Waals surface area (Å²) < 4.78 is 5.52. The molecule has 0 aromatic heterocycles. The molecule has 2 atom stereocenters. The number of rotatable bonds is 7. The fourth-order valence-corrected chi connectivity index (χ4v) is 3.00. The third kappa shape index (κ3) is 8.56. The van der Waals surface area contributed by atoms with E-state index in [0.29, 0.717) is 12.0 Å². The van der Waals surface area contributed by atoms with E-state index in [1.165, 1.54) is 18.4 Å². The van der Waals surface area contributed by atoms with Crippen LogP contribution in [0.5, 0.6) is 0 Å². The lowest BCUT2D eigenvalue weighted by Gasteiger charge is -2.28. The molecule has 1 fully saturated rings. The summed E-state index contributed by atoms with van der Waals surface area (Å²) >= 11 is 0. The Bertz CT molecular complexity index is 441. The number of likely N-dealkylation sites (tertiary alicyclic amines) is 1. The van der Waals surface area contributed by atoms with Crippen molar-refractivity contribution in [2.24, 2.45) is 5.92 Å². The van der Waals surface area contributed by atoms with Crippen LogP contribution in [0, 0.1) is 5.92 Å². The molecule has 0 saturated carbocycles. The predicted octanol–water partition coefficient (Wildman–Crippen LogP) is 6.10. The molecule has 24 heavy (non-hydrogen) atoms. The highest BCUT2D eigenvalue weighted by atomic mass is 16.6. The van der Waals surface area contributed by atoms with Gasteiger partial charge in [-0.25, -0.2) is 4.79 Å². The van der Waals surface area contributed by atoms with Crippen molar-refractivity contribution in [3.8, 4) is 0 Å². The van der Waals surface area contributed by atoms with Crippen LogP contribution in [-0.2, 0) is 4.74 Å². The van der Waals surface area contributed by atoms with E-state index >= 15 is 0 Å². The van der Waals surface area contributed by atoms with Gasteiger partial charge in [0.15, 0.2) is 0 Å². The van der Waals surface area contributed by atoms with Crippen LogP contribution in [-0.4, -0.2) is 29.2 Å². The first-order chi connectivity index (χ1) is 11.2. The Morgan fingerprint density at radius 3 is 2.62 bits per heavy atom. The molecule has 0 spiro atoms. The highest BCUT2D eigenvalue weighted by molar-refractivity contribution is 5.69. The highest BCUT2D eigenvalue weighted by Gasteiger charge is 2.31. The van der Waals surface area contributed by atoms with E-state index in [2.05, 4.69) is 39.0 Å². The maximum atomic E-state index is 12.3. The molecule has 3 heteroatoms. The van der Waals surface area contributed by atoms with Gasteiger partial charge in [0.05, 0.1) is 0 Å². The molecule has 0 aromatic rings. The highest BCUT2D eigenvalue weighted by Crippen LogP contribution is 2.23. The summed E-state index contributed by atoms with van der Waals surface area (Å²) in [5.74, 6) is 0.711. The van der Waals surface area contributed by atoms with E-state index in [0.717, 1.165) is 32.2 Å². The molecule has 2 unspecified atom stereocenters. The Labute approximate surface area is 149 Å². The van der Waals surface area contributed by atoms with E-state index < -0.39 is 5.60 Å². The normalized spacial score (nSPS) is 19.6. The van der Waals surface area contributed by atoms with Crippen LogP contribution in [0.15, 0.2) is 23.8 Å². The molecule has 1 amide bonds. The molecule has 1 saturated heterocycles. The fraction of sp³-hybridized carbons (Fsp3) is 0.762. The monoisotopic (exact) mass is 335 g/mol. The number of allylic oxidation sites excluding steroid dienone is 3. The third-order valence-corrected chi connectivity index (χ3v) is 4.33. The second kappa shape index (κ2) is 9.90. The van der Waals surface area contributed by atoms with Crippen LogP contribution in [0.2, 0.25) is 0 Å². The van der Waals surface area contributed by atoms with E-state index in [4.69, 9.17) is 4.74 Å². The fourth-order valence-electron chi connectivity index (χ4n) is 3.00. The molecule has 0 aromatic carbocycles. The SMILES string of the molecule is CC(C)=CCCC(C)C/C=C/CC1CCCN1C(=O)OC(C)(C)C. The maximum Gasteiger partial charge on any atom is 0.410 e. The standard InChI is InChI=1S/C21H37NO2/c1-17(2)11-9-13-18(3)12-7-8-14-19-15-10-16-22(19)20(23)24-21(4,5)6/h7-8,11,18-19H,9-10,12-16H2,1-6H3/b8-7+. The van der Waals surface area contributed by atoms with E-state index in [1.54, 1.807) is 0 Å². The maximum absolute atomic E-state index is 12.3. The van der Waals surface area contributed by atoms with Gasteiger partial charge in [0.25, 0.3) is 0 Å². The van der Waals surface area contributed by atoms with Gasteiger partial charge < -0.3 is 9.64 Å². The van der Waals surface area contributed by atoms with Gasteiger partial charge in [0, 0.05) is 12.6 Å². The molecule has 1 rings (SSSR count). The summed E-state index contributed by atoms with van der Waals surface area (Å²) in [6.07, 6.45) is 13.3. The molecule has 1 aliphatic heterocycles. The lowest BCUT2D eigenvalue weighted by atomic mass is 10.00. The smallest absolute Gasteiger partial charge is 0.410 e. The predicted molar refractivity (Wildman–Crippen MR) is 102 cm³/mol. The summed E-state index contributed by atoms with van der Waals surface area (Å²) in [4.78, 5) is 14.2. The topological polar surface area (TPSA) is 29.5 Å². The van der Waals surface area contributed by atoms with Crippen LogP contribution in [0.4, 0.5) is 4.79 Å². The second-order valence-electron chi connectivity index (χ2n) is 8.38. The Morgan fingerprint density at radius 2 is 2.00 bits per heavy atom. The Morgan fingerprint density at radius 1 is 1.29 bits per heavy atom. The Hall–Kier alpha value is -1.25. The van der Waals surface area contributed by atoms with Crippen molar-refractivity contribution >= 4 is 6.09 Å². The molecule has 3 nitrogen and oxygen atoms in total. The van der Waals surface area contributed by atoms with Gasteiger partial charge in [0.1, 0.15) is 5.60 Å². The summed E-state index contributed by atoms with van der Waals surface area (Å²) in [5.41, 5.74) is 0.988. The first kappa shape index (κ1) is 20.8. The van der Waals surface area contributed by atoms with Crippen LogP contribution < -0.4 is 0 Å². The van der Waals surface area contributed by atoms with Crippen molar-refractivity contribution in [1.29, 1.82) is 0 Å². The molecule has 1 aliphatic rings. The minimum atomic E-state index is -0.416. The first-order valence-corrected chi connectivity index (χ1v) is 9.47. The number of carbonyl (C=O) groups is 1. The zero-order valence-electron chi connectivity index (χ0n) is 16.6. The second-order valence-corrected chi connectivity index (χ2v) is 8.38. The molecule has 138 valence electrons. The summed E-state index contributed by atoms with van der Waals surface area (Å²) in [6.45, 7) is 13.2. The minimum absolute atomic E-state index is 0.159. The van der Waals surface area contributed by atoms with Crippen molar-refractivity contribution in [1.82, 2.24) is 4.90 Å². The molecule has 0 radical (unpaired) electrons. The van der Waals surface area contributed by atoms with Crippen LogP contribution in [0.3, 0.4) is 0 Å². The lowest BCUT2D eigenvalue weighted by Crippen LogP contribution is -2.39. The molecule has 0 N–H and O–H groups in total. The number of amides is 1. The molecular formula is C21H37NO2. The third-order valence-electron chi connectivity index (χ3n) is 4.33. The van der Waals surface area contributed by atoms with Crippen LogP contribution >= 0.6 is 0 Å². The lowest BCUT2D eigenvalue weighted by molar-refractivity contribution is 0.0228. The zero-order chi connectivity index (χ0) is 18.2. The van der Waals surface area contributed by atoms with Crippen molar-refractivity contribution in [2.45, 2.75) is 91.7 Å². The average Bonchev–Trinajstić information content (AvgIpc) is 2.90.